The van der Waals surface area contributed by atoms with Crippen LogP contribution in [0.25, 0.3) is 0 Å². The van der Waals surface area contributed by atoms with E-state index in [1.54, 1.807) is 0 Å². The van der Waals surface area contributed by atoms with Gasteiger partial charge in [-0.05, 0) is 26.7 Å². The topological polar surface area (TPSA) is 44.8 Å². The zero-order valence-electron chi connectivity index (χ0n) is 12.7. The van der Waals surface area contributed by atoms with Gasteiger partial charge in [0.25, 0.3) is 0 Å². The summed E-state index contributed by atoms with van der Waals surface area (Å²) in [5, 5.41) is 0. The molecule has 4 nitrogen and oxygen atoms in total. The summed E-state index contributed by atoms with van der Waals surface area (Å²) in [5.41, 5.74) is -0.585. The minimum atomic E-state index is -0.888. The minimum Gasteiger partial charge on any atom is -0.464 e. The third kappa shape index (κ3) is 6.89. The first-order chi connectivity index (χ1) is 9.07. The van der Waals surface area contributed by atoms with Crippen LogP contribution >= 0.6 is 0 Å². The fourth-order valence-corrected chi connectivity index (χ4v) is 4.60. The molecule has 0 aliphatic rings. The van der Waals surface area contributed by atoms with E-state index in [2.05, 4.69) is 20.4 Å². The Morgan fingerprint density at radius 1 is 1.26 bits per heavy atom. The maximum atomic E-state index is 11.4. The van der Waals surface area contributed by atoms with Crippen LogP contribution in [0.3, 0.4) is 0 Å². The van der Waals surface area contributed by atoms with Gasteiger partial charge in [0.15, 0.2) is 0 Å². The number of carbonyl (C=O) groups is 1. The van der Waals surface area contributed by atoms with E-state index >= 15 is 0 Å². The fraction of sp³-hybridized carbons (Fsp3) is 0.786. The number of esters is 1. The summed E-state index contributed by atoms with van der Waals surface area (Å²) in [6.07, 6.45) is 3.83. The molecule has 5 heteroatoms. The highest BCUT2D eigenvalue weighted by Crippen LogP contribution is 2.20. The Balaban J connectivity index is 4.79. The van der Waals surface area contributed by atoms with E-state index in [0.29, 0.717) is 13.2 Å². The van der Waals surface area contributed by atoms with Gasteiger partial charge in [0.2, 0.25) is 0 Å². The second-order valence-corrected chi connectivity index (χ2v) is 6.78. The van der Waals surface area contributed by atoms with Crippen molar-refractivity contribution < 1.29 is 19.0 Å². The second kappa shape index (κ2) is 10.2. The summed E-state index contributed by atoms with van der Waals surface area (Å²) in [5.74, 6) is -0.357. The first-order valence-electron chi connectivity index (χ1n) is 7.18. The highest BCUT2D eigenvalue weighted by molar-refractivity contribution is 6.41. The Morgan fingerprint density at radius 2 is 1.84 bits per heavy atom. The average Bonchev–Trinajstić information content (AvgIpc) is 2.39. The van der Waals surface area contributed by atoms with E-state index in [1.165, 1.54) is 6.08 Å². The molecule has 0 aromatic rings. The van der Waals surface area contributed by atoms with E-state index in [1.807, 2.05) is 13.8 Å². The second-order valence-electron chi connectivity index (χ2n) is 4.39. The molecule has 112 valence electrons. The molecule has 0 aromatic carbocycles. The van der Waals surface area contributed by atoms with Crippen molar-refractivity contribution in [1.29, 1.82) is 0 Å². The first kappa shape index (κ1) is 18.3. The summed E-state index contributed by atoms with van der Waals surface area (Å²) in [4.78, 5) is 11.4. The van der Waals surface area contributed by atoms with Gasteiger partial charge in [0.1, 0.15) is 14.9 Å². The van der Waals surface area contributed by atoms with Crippen LogP contribution in [0, 0.1) is 0 Å². The van der Waals surface area contributed by atoms with Crippen molar-refractivity contribution in [2.24, 2.45) is 0 Å². The Bertz CT molecular complexity index is 262. The molecule has 0 rings (SSSR count). The van der Waals surface area contributed by atoms with Gasteiger partial charge in [0, 0.05) is 19.3 Å². The van der Waals surface area contributed by atoms with Gasteiger partial charge in [0.05, 0.1) is 5.73 Å². The predicted molar refractivity (Wildman–Crippen MR) is 79.8 cm³/mol. The Hall–Kier alpha value is -0.653. The van der Waals surface area contributed by atoms with Crippen molar-refractivity contribution in [2.75, 3.05) is 13.2 Å². The normalized spacial score (nSPS) is 13.7. The van der Waals surface area contributed by atoms with E-state index in [-0.39, 0.29) is 11.7 Å². The maximum Gasteiger partial charge on any atom is 0.330 e. The van der Waals surface area contributed by atoms with Gasteiger partial charge in [-0.25, -0.2) is 4.79 Å². The van der Waals surface area contributed by atoms with Crippen molar-refractivity contribution in [2.45, 2.75) is 58.1 Å². The molecule has 0 radical (unpaired) electrons. The van der Waals surface area contributed by atoms with Crippen molar-refractivity contribution in [3.05, 3.63) is 12.7 Å². The first-order valence-corrected chi connectivity index (χ1v) is 8.70. The molecule has 0 aromatic heterocycles. The summed E-state index contributed by atoms with van der Waals surface area (Å²) >= 11 is 0. The van der Waals surface area contributed by atoms with Crippen LogP contribution in [0.2, 0.25) is 0 Å². The predicted octanol–water partition coefficient (Wildman–Crippen LogP) is 2.15. The molecule has 0 N–H and O–H groups in total. The molecule has 0 aliphatic carbocycles. The lowest BCUT2D eigenvalue weighted by molar-refractivity contribution is -0.180. The summed E-state index contributed by atoms with van der Waals surface area (Å²) in [6.45, 7) is 12.7. The molecule has 1 unspecified atom stereocenters. The molecule has 0 spiro atoms. The number of hydrogen-bond acceptors (Lipinski definition) is 4. The largest absolute Gasteiger partial charge is 0.464 e. The van der Waals surface area contributed by atoms with Crippen molar-refractivity contribution in [1.82, 2.24) is 0 Å². The number of hydrogen-bond donors (Lipinski definition) is 0. The van der Waals surface area contributed by atoms with E-state index in [9.17, 15) is 4.79 Å². The van der Waals surface area contributed by atoms with Gasteiger partial charge in [-0.2, -0.15) is 0 Å². The van der Waals surface area contributed by atoms with Crippen molar-refractivity contribution in [3.63, 3.8) is 0 Å². The van der Waals surface area contributed by atoms with E-state index < -0.39 is 14.9 Å². The van der Waals surface area contributed by atoms with E-state index in [0.717, 1.165) is 19.3 Å². The lowest BCUT2D eigenvalue weighted by Crippen LogP contribution is -2.48. The molecule has 1 atom stereocenters. The van der Waals surface area contributed by atoms with Gasteiger partial charge in [-0.15, -0.1) is 0 Å². The minimum absolute atomic E-state index is 0.0615. The molecular weight excluding hydrogens is 260 g/mol. The maximum absolute atomic E-state index is 11.4. The zero-order chi connectivity index (χ0) is 14.7. The van der Waals surface area contributed by atoms with Crippen molar-refractivity contribution in [3.8, 4) is 0 Å². The lowest BCUT2D eigenvalue weighted by Gasteiger charge is -2.34. The molecule has 0 heterocycles. The monoisotopic (exact) mass is 288 g/mol. The van der Waals surface area contributed by atoms with E-state index in [4.69, 9.17) is 14.2 Å². The van der Waals surface area contributed by atoms with Crippen LogP contribution < -0.4 is 0 Å². The molecule has 19 heavy (non-hydrogen) atoms. The standard InChI is InChI=1S/C14H28O4Si/c1-6-11-13(18-12(15)7-2)19-14(8-3,16-9-4)17-10-5/h7,13H,2,6,8-11,19H2,1,3-5H3. The molecule has 0 saturated carbocycles. The number of ether oxygens (including phenoxy) is 3. The molecule has 0 amide bonds. The van der Waals surface area contributed by atoms with Gasteiger partial charge in [-0.3, -0.25) is 0 Å². The van der Waals surface area contributed by atoms with Crippen LogP contribution in [0.15, 0.2) is 12.7 Å². The van der Waals surface area contributed by atoms with Crippen LogP contribution in [0.1, 0.15) is 47.0 Å². The van der Waals surface area contributed by atoms with Crippen LogP contribution in [-0.2, 0) is 19.0 Å². The Morgan fingerprint density at radius 3 is 2.21 bits per heavy atom. The summed E-state index contributed by atoms with van der Waals surface area (Å²) < 4.78 is 17.1. The van der Waals surface area contributed by atoms with Crippen LogP contribution in [0.5, 0.6) is 0 Å². The zero-order valence-corrected chi connectivity index (χ0v) is 14.2. The quantitative estimate of drug-likeness (QED) is 0.253. The SMILES string of the molecule is C=CC(=O)OC(CCC)[SiH2]C(CC)(OCC)OCC. The van der Waals surface area contributed by atoms with Gasteiger partial charge in [-0.1, -0.05) is 26.8 Å². The highest BCUT2D eigenvalue weighted by Gasteiger charge is 2.34. The highest BCUT2D eigenvalue weighted by atomic mass is 28.2. The molecule has 0 saturated heterocycles. The fourth-order valence-electron chi connectivity index (χ4n) is 2.12. The van der Waals surface area contributed by atoms with Gasteiger partial charge >= 0.3 is 5.97 Å². The summed E-state index contributed by atoms with van der Waals surface area (Å²) in [7, 11) is -0.888. The number of carbonyl (C=O) groups excluding carboxylic acids is 1. The van der Waals surface area contributed by atoms with Gasteiger partial charge < -0.3 is 14.2 Å². The molecule has 0 bridgehead atoms. The molecular formula is C14H28O4Si. The number of rotatable bonds is 11. The Labute approximate surface area is 119 Å². The van der Waals surface area contributed by atoms with Crippen LogP contribution in [-0.4, -0.2) is 39.8 Å². The summed E-state index contributed by atoms with van der Waals surface area (Å²) in [6, 6.07) is 0. The Kier molecular flexibility index (Phi) is 9.82. The van der Waals surface area contributed by atoms with Crippen LogP contribution in [0.4, 0.5) is 0 Å². The molecule has 0 aliphatic heterocycles. The average molecular weight is 288 g/mol. The third-order valence-electron chi connectivity index (χ3n) is 2.95. The van der Waals surface area contributed by atoms with Crippen molar-refractivity contribution >= 4 is 15.5 Å². The third-order valence-corrected chi connectivity index (χ3v) is 5.51. The molecule has 0 fully saturated rings. The smallest absolute Gasteiger partial charge is 0.330 e. The lowest BCUT2D eigenvalue weighted by atomic mass is 10.3.